The fraction of sp³-hybridized carbons (Fsp3) is 0.543. The SMILES string of the molecule is COc1ccc2c(O[C@@H]3C[C@H]4C(=O)C[C@]5(P(=O)(O)Cc6ccco6)C[C@@H]5/C=C\CCCCCC(CC(=O)OC5CCCC5)C(=O)N4C3)cc(-c3csc(NC(C)C)n3)nc2c1. The maximum Gasteiger partial charge on any atom is 0.306 e. The third-order valence-electron chi connectivity index (χ3n) is 12.8. The van der Waals surface area contributed by atoms with Crippen molar-refractivity contribution in [2.24, 2.45) is 11.8 Å². The molecule has 0 spiro atoms. The first-order chi connectivity index (χ1) is 29.4. The molecule has 13 nitrogen and oxygen atoms in total. The van der Waals surface area contributed by atoms with E-state index in [9.17, 15) is 23.8 Å². The Morgan fingerprint density at radius 2 is 1.89 bits per heavy atom. The number of amides is 1. The molecule has 1 amide bonds. The Balaban J connectivity index is 1.13. The number of nitrogens with zero attached hydrogens (tertiary/aromatic N) is 3. The smallest absolute Gasteiger partial charge is 0.306 e. The summed E-state index contributed by atoms with van der Waals surface area (Å²) in [7, 11) is -2.40. The number of Topliss-reactive ketones (excluding diaryl/α,β-unsaturated/α-hetero) is 1. The summed E-state index contributed by atoms with van der Waals surface area (Å²) in [6.07, 6.45) is 12.3. The molecule has 4 aromatic rings. The van der Waals surface area contributed by atoms with Gasteiger partial charge in [-0.1, -0.05) is 25.0 Å². The Morgan fingerprint density at radius 1 is 1.07 bits per heavy atom. The number of ketones is 1. The quantitative estimate of drug-likeness (QED) is 0.0787. The topological polar surface area (TPSA) is 170 Å². The van der Waals surface area contributed by atoms with Crippen molar-refractivity contribution in [1.29, 1.82) is 0 Å². The van der Waals surface area contributed by atoms with E-state index in [-0.39, 0.29) is 67.7 Å². The fourth-order valence-electron chi connectivity index (χ4n) is 9.42. The number of furan rings is 1. The van der Waals surface area contributed by atoms with Gasteiger partial charge in [0.25, 0.3) is 0 Å². The Hall–Kier alpha value is -4.52. The van der Waals surface area contributed by atoms with Gasteiger partial charge in [0, 0.05) is 47.7 Å². The van der Waals surface area contributed by atoms with Crippen molar-refractivity contribution < 1.29 is 42.5 Å². The minimum Gasteiger partial charge on any atom is -0.497 e. The summed E-state index contributed by atoms with van der Waals surface area (Å²) in [5.74, 6) is -0.383. The van der Waals surface area contributed by atoms with Crippen LogP contribution >= 0.6 is 18.7 Å². The number of ether oxygens (including phenoxy) is 3. The zero-order valence-electron chi connectivity index (χ0n) is 35.3. The number of carbonyl (C=O) groups excluding carboxylic acids is 3. The predicted octanol–water partition coefficient (Wildman–Crippen LogP) is 9.33. The normalized spacial score (nSPS) is 26.5. The number of rotatable bonds is 12. The largest absolute Gasteiger partial charge is 0.497 e. The molecule has 2 N–H and O–H groups in total. The summed E-state index contributed by atoms with van der Waals surface area (Å²) in [6, 6.07) is 10.0. The minimum atomic E-state index is -4.00. The van der Waals surface area contributed by atoms with Crippen molar-refractivity contribution in [3.8, 4) is 22.9 Å². The summed E-state index contributed by atoms with van der Waals surface area (Å²) < 4.78 is 38.2. The first-order valence-corrected chi connectivity index (χ1v) is 24.6. The fourth-order valence-corrected chi connectivity index (χ4v) is 12.7. The van der Waals surface area contributed by atoms with Gasteiger partial charge in [-0.25, -0.2) is 9.97 Å². The Labute approximate surface area is 361 Å². The van der Waals surface area contributed by atoms with Crippen LogP contribution in [0.5, 0.6) is 11.5 Å². The number of hydrogen-bond donors (Lipinski definition) is 2. The van der Waals surface area contributed by atoms with Gasteiger partial charge in [-0.3, -0.25) is 18.9 Å². The standard InChI is InChI=1S/C46H57N4O9PS/c1-29(2)47-45-49-39(28-61-45)38-23-42(36-18-17-33(56-3)21-37(36)48-38)58-35-22-40-41(51)25-46(60(54,55)27-34-16-11-19-57-34)24-31(46)13-8-6-4-5-7-12-30(44(53)50(40)26-35)20-43(52)59-32-14-9-10-15-32/h8,11,13,16-19,21,23,28-32,35,40H,4-7,9-10,12,14-15,20,22,24-27H2,1-3H3,(H,47,49)(H,54,55)/b13-8-/t30?,31-,35+,40-,46+/m0/s1. The van der Waals surface area contributed by atoms with Crippen LogP contribution in [0.3, 0.4) is 0 Å². The van der Waals surface area contributed by atoms with Crippen molar-refractivity contribution in [2.45, 2.75) is 133 Å². The minimum absolute atomic E-state index is 0.0688. The number of aromatic nitrogens is 2. The molecule has 2 unspecified atom stereocenters. The average Bonchev–Trinajstić information content (AvgIpc) is 3.86. The molecule has 3 fully saturated rings. The molecule has 8 rings (SSSR count). The molecule has 5 heterocycles. The van der Waals surface area contributed by atoms with Gasteiger partial charge < -0.3 is 33.7 Å². The lowest BCUT2D eigenvalue weighted by Gasteiger charge is -2.30. The summed E-state index contributed by atoms with van der Waals surface area (Å²) in [6.45, 7) is 4.19. The van der Waals surface area contributed by atoms with E-state index in [2.05, 4.69) is 11.4 Å². The summed E-state index contributed by atoms with van der Waals surface area (Å²) >= 11 is 1.48. The lowest BCUT2D eigenvalue weighted by Crippen LogP contribution is -2.45. The highest BCUT2D eigenvalue weighted by Gasteiger charge is 2.65. The molecule has 3 aromatic heterocycles. The molecule has 2 saturated carbocycles. The van der Waals surface area contributed by atoms with Gasteiger partial charge >= 0.3 is 5.97 Å². The van der Waals surface area contributed by atoms with E-state index in [4.69, 9.17) is 28.6 Å². The third-order valence-corrected chi connectivity index (χ3v) is 16.3. The maximum absolute atomic E-state index is 14.9. The number of anilines is 1. The molecule has 1 aromatic carbocycles. The van der Waals surface area contributed by atoms with Crippen LogP contribution in [0.4, 0.5) is 5.13 Å². The Morgan fingerprint density at radius 3 is 2.66 bits per heavy atom. The van der Waals surface area contributed by atoms with Crippen LogP contribution in [0.1, 0.15) is 103 Å². The maximum atomic E-state index is 14.9. The second-order valence-corrected chi connectivity index (χ2v) is 21.0. The lowest BCUT2D eigenvalue weighted by atomic mass is 9.94. The van der Waals surface area contributed by atoms with Crippen LogP contribution in [-0.2, 0) is 29.8 Å². The number of thiazole rings is 1. The Kier molecular flexibility index (Phi) is 13.0. The Bertz CT molecular complexity index is 2290. The molecular weight excluding hydrogens is 816 g/mol. The number of benzene rings is 1. The molecule has 0 bridgehead atoms. The van der Waals surface area contributed by atoms with Gasteiger partial charge in [-0.15, -0.1) is 11.3 Å². The molecule has 4 aliphatic rings. The van der Waals surface area contributed by atoms with Gasteiger partial charge in [-0.05, 0) is 95.4 Å². The van der Waals surface area contributed by atoms with Crippen molar-refractivity contribution in [1.82, 2.24) is 14.9 Å². The molecule has 0 radical (unpaired) electrons. The number of carbonyl (C=O) groups is 3. The predicted molar refractivity (Wildman–Crippen MR) is 234 cm³/mol. The van der Waals surface area contributed by atoms with E-state index in [0.717, 1.165) is 61.9 Å². The first-order valence-electron chi connectivity index (χ1n) is 21.8. The molecular formula is C46H57N4O9PS. The van der Waals surface area contributed by atoms with E-state index in [0.29, 0.717) is 47.0 Å². The average molecular weight is 873 g/mol. The number of hydrogen-bond acceptors (Lipinski definition) is 12. The van der Waals surface area contributed by atoms with Crippen molar-refractivity contribution in [3.05, 3.63) is 66.0 Å². The van der Waals surface area contributed by atoms with Crippen LogP contribution in [0.15, 0.2) is 64.6 Å². The van der Waals surface area contributed by atoms with Crippen LogP contribution in [0, 0.1) is 11.8 Å². The number of methoxy groups -OCH3 is 1. The van der Waals surface area contributed by atoms with Crippen LogP contribution < -0.4 is 14.8 Å². The van der Waals surface area contributed by atoms with Crippen LogP contribution in [-0.4, -0.2) is 80.5 Å². The van der Waals surface area contributed by atoms with E-state index in [1.165, 1.54) is 17.6 Å². The lowest BCUT2D eigenvalue weighted by molar-refractivity contribution is -0.154. The number of esters is 1. The molecule has 326 valence electrons. The van der Waals surface area contributed by atoms with Crippen molar-refractivity contribution in [2.75, 3.05) is 19.0 Å². The van der Waals surface area contributed by atoms with E-state index < -0.39 is 30.6 Å². The zero-order chi connectivity index (χ0) is 42.7. The molecule has 1 saturated heterocycles. The summed E-state index contributed by atoms with van der Waals surface area (Å²) in [4.78, 5) is 66.3. The number of nitrogens with one attached hydrogen (secondary N) is 1. The van der Waals surface area contributed by atoms with Gasteiger partial charge in [0.05, 0.1) is 54.9 Å². The van der Waals surface area contributed by atoms with Gasteiger partial charge in [0.2, 0.25) is 13.3 Å². The molecule has 6 atom stereocenters. The van der Waals surface area contributed by atoms with E-state index in [1.807, 2.05) is 49.6 Å². The first kappa shape index (κ1) is 43.1. The highest BCUT2D eigenvalue weighted by atomic mass is 32.1. The molecule has 2 aliphatic heterocycles. The summed E-state index contributed by atoms with van der Waals surface area (Å²) in [5, 5.41) is 5.59. The molecule has 2 aliphatic carbocycles. The van der Waals surface area contributed by atoms with E-state index >= 15 is 0 Å². The van der Waals surface area contributed by atoms with Gasteiger partial charge in [0.15, 0.2) is 10.9 Å². The highest BCUT2D eigenvalue weighted by molar-refractivity contribution is 7.59. The van der Waals surface area contributed by atoms with Gasteiger partial charge in [0.1, 0.15) is 35.2 Å². The zero-order valence-corrected chi connectivity index (χ0v) is 37.0. The molecule has 61 heavy (non-hydrogen) atoms. The number of allylic oxidation sites excluding steroid dienone is 2. The van der Waals surface area contributed by atoms with Crippen molar-refractivity contribution in [3.63, 3.8) is 0 Å². The van der Waals surface area contributed by atoms with Gasteiger partial charge in [-0.2, -0.15) is 0 Å². The van der Waals surface area contributed by atoms with Crippen molar-refractivity contribution >= 4 is 52.4 Å². The second-order valence-electron chi connectivity index (χ2n) is 17.6. The second kappa shape index (κ2) is 18.4. The molecule has 15 heteroatoms. The van der Waals surface area contributed by atoms with Crippen LogP contribution in [0.2, 0.25) is 0 Å². The third kappa shape index (κ3) is 9.76. The highest BCUT2D eigenvalue weighted by Crippen LogP contribution is 2.74. The summed E-state index contributed by atoms with van der Waals surface area (Å²) in [5.41, 5.74) is 1.89. The monoisotopic (exact) mass is 872 g/mol. The number of fused-ring (bicyclic) bond motifs is 3. The van der Waals surface area contributed by atoms with Crippen LogP contribution in [0.25, 0.3) is 22.3 Å². The van der Waals surface area contributed by atoms with E-state index in [1.54, 1.807) is 24.1 Å². The number of pyridine rings is 1.